The Balaban J connectivity index is 1.56. The van der Waals surface area contributed by atoms with Gasteiger partial charge in [0.15, 0.2) is 15.6 Å². The van der Waals surface area contributed by atoms with Crippen molar-refractivity contribution in [2.24, 2.45) is 11.8 Å². The summed E-state index contributed by atoms with van der Waals surface area (Å²) in [6.45, 7) is 0.428. The van der Waals surface area contributed by atoms with Crippen molar-refractivity contribution in [3.8, 4) is 0 Å². The number of benzene rings is 2. The van der Waals surface area contributed by atoms with Crippen LogP contribution in [0.25, 0.3) is 0 Å². The summed E-state index contributed by atoms with van der Waals surface area (Å²) in [5, 5.41) is 10.5. The number of nitrogens with one attached hydrogen (secondary N) is 1. The van der Waals surface area contributed by atoms with E-state index in [-0.39, 0.29) is 42.6 Å². The van der Waals surface area contributed by atoms with E-state index in [2.05, 4.69) is 9.97 Å². The largest absolute Gasteiger partial charge is 0.426 e. The van der Waals surface area contributed by atoms with Gasteiger partial charge in [-0.05, 0) is 85.4 Å². The number of rotatable bonds is 8. The highest BCUT2D eigenvalue weighted by Gasteiger charge is 2.61. The van der Waals surface area contributed by atoms with Crippen LogP contribution in [0, 0.1) is 17.7 Å². The first kappa shape index (κ1) is 29.4. The van der Waals surface area contributed by atoms with Crippen LogP contribution >= 0.6 is 0 Å². The fourth-order valence-corrected chi connectivity index (χ4v) is 9.11. The number of Topliss-reactive ketones (excluding diaryl/α,β-unsaturated/α-hetero) is 1. The summed E-state index contributed by atoms with van der Waals surface area (Å²) in [7, 11) is -4.27. The summed E-state index contributed by atoms with van der Waals surface area (Å²) in [6, 6.07) is 7.66. The highest BCUT2D eigenvalue weighted by atomic mass is 32.2. The molecule has 1 fully saturated rings. The minimum atomic E-state index is -5.17. The summed E-state index contributed by atoms with van der Waals surface area (Å²) < 4.78 is 96.1. The fraction of sp³-hybridized carbons (Fsp3) is 0.448. The third-order valence-corrected chi connectivity index (χ3v) is 11.4. The minimum absolute atomic E-state index is 0.0159. The molecule has 0 spiro atoms. The van der Waals surface area contributed by atoms with E-state index in [0.29, 0.717) is 24.6 Å². The van der Waals surface area contributed by atoms with E-state index in [1.54, 1.807) is 0 Å². The number of aromatic nitrogens is 2. The van der Waals surface area contributed by atoms with E-state index in [1.807, 2.05) is 0 Å². The first-order chi connectivity index (χ1) is 19.2. The second-order valence-corrected chi connectivity index (χ2v) is 13.3. The molecule has 0 aliphatic heterocycles. The summed E-state index contributed by atoms with van der Waals surface area (Å²) >= 11 is 0. The highest BCUT2D eigenvalue weighted by molar-refractivity contribution is 7.92. The minimum Gasteiger partial charge on any atom is -0.385 e. The van der Waals surface area contributed by atoms with Gasteiger partial charge < -0.3 is 10.1 Å². The molecule has 12 heteroatoms. The third-order valence-electron chi connectivity index (χ3n) is 8.82. The molecule has 5 atom stereocenters. The Labute approximate surface area is 233 Å². The lowest BCUT2D eigenvalue weighted by molar-refractivity contribution is -0.228. The van der Waals surface area contributed by atoms with Crippen LogP contribution in [0.1, 0.15) is 55.0 Å². The lowest BCUT2D eigenvalue weighted by Crippen LogP contribution is -2.45. The standard InChI is InChI=1S/C29H29F5N2O4S/c1-27(31,29(32,33)34)19-3-9-24-17(12-19)2-8-23-18(13-25(37)26(38)14-21-15-35-16-36-21)10-11-28(23,24)41(39,40)22-6-4-20(30)5-7-22/h3-7,9,12,15-16,18,23,26,38H,2,8,10-11,13-14H2,1H3,(H,35,36)/t18-,23-,26-,27?,28-/m0/s1. The summed E-state index contributed by atoms with van der Waals surface area (Å²) in [4.78, 5) is 19.6. The zero-order valence-corrected chi connectivity index (χ0v) is 22.9. The van der Waals surface area contributed by atoms with E-state index in [0.717, 1.165) is 36.4 Å². The topological polar surface area (TPSA) is 100 Å². The number of carbonyl (C=O) groups excluding carboxylic acids is 1. The molecule has 1 saturated carbocycles. The lowest BCUT2D eigenvalue weighted by Gasteiger charge is -2.43. The van der Waals surface area contributed by atoms with Crippen molar-refractivity contribution in [1.82, 2.24) is 9.97 Å². The third kappa shape index (κ3) is 4.88. The molecule has 2 aliphatic rings. The molecule has 41 heavy (non-hydrogen) atoms. The van der Waals surface area contributed by atoms with Crippen molar-refractivity contribution in [2.75, 3.05) is 0 Å². The monoisotopic (exact) mass is 596 g/mol. The molecule has 1 unspecified atom stereocenters. The molecule has 1 heterocycles. The number of carbonyl (C=O) groups is 1. The number of halogens is 5. The van der Waals surface area contributed by atoms with E-state index in [4.69, 9.17) is 0 Å². The van der Waals surface area contributed by atoms with Crippen LogP contribution in [0.15, 0.2) is 59.9 Å². The van der Waals surface area contributed by atoms with Crippen LogP contribution < -0.4 is 0 Å². The number of aryl methyl sites for hydroxylation is 1. The molecule has 0 amide bonds. The van der Waals surface area contributed by atoms with Crippen molar-refractivity contribution in [2.45, 2.75) is 73.0 Å². The van der Waals surface area contributed by atoms with Gasteiger partial charge in [-0.25, -0.2) is 22.2 Å². The number of hydrogen-bond donors (Lipinski definition) is 2. The normalized spacial score (nSPS) is 24.8. The zero-order valence-electron chi connectivity index (χ0n) is 22.1. The van der Waals surface area contributed by atoms with E-state index >= 15 is 0 Å². The maximum absolute atomic E-state index is 14.9. The maximum Gasteiger partial charge on any atom is 0.426 e. The van der Waals surface area contributed by atoms with Crippen molar-refractivity contribution in [3.05, 3.63) is 83.2 Å². The van der Waals surface area contributed by atoms with Gasteiger partial charge in [-0.15, -0.1) is 0 Å². The Bertz CT molecular complexity index is 1540. The van der Waals surface area contributed by atoms with Crippen LogP contribution in [-0.4, -0.2) is 41.6 Å². The molecule has 3 aromatic rings. The number of aromatic amines is 1. The summed E-state index contributed by atoms with van der Waals surface area (Å²) in [6.07, 6.45) is -2.91. The Kier molecular flexibility index (Phi) is 7.38. The molecule has 6 nitrogen and oxygen atoms in total. The molecule has 1 aromatic heterocycles. The number of H-pyrrole nitrogens is 1. The van der Waals surface area contributed by atoms with E-state index in [1.165, 1.54) is 18.6 Å². The molecule has 0 bridgehead atoms. The molecule has 2 N–H and O–H groups in total. The molecule has 2 aromatic carbocycles. The number of aliphatic hydroxyl groups excluding tert-OH is 1. The summed E-state index contributed by atoms with van der Waals surface area (Å²) in [5.41, 5.74) is -3.14. The van der Waals surface area contributed by atoms with Crippen LogP contribution in [0.4, 0.5) is 22.0 Å². The number of ketones is 1. The SMILES string of the molecule is CC(F)(c1ccc2c(c1)CC[C@H]1[C@H](CC(=O)[C@@H](O)Cc3cnc[nH]3)CC[C@@]21S(=O)(=O)c1ccc(F)cc1)C(F)(F)F. The average Bonchev–Trinajstić information content (AvgIpc) is 3.56. The van der Waals surface area contributed by atoms with Crippen molar-refractivity contribution >= 4 is 15.6 Å². The Morgan fingerprint density at radius 2 is 1.85 bits per heavy atom. The number of hydrogen-bond acceptors (Lipinski definition) is 5. The number of aliphatic hydroxyl groups is 1. The molecule has 2 aliphatic carbocycles. The average molecular weight is 597 g/mol. The Morgan fingerprint density at radius 3 is 2.49 bits per heavy atom. The Hall–Kier alpha value is -3.12. The van der Waals surface area contributed by atoms with Crippen molar-refractivity contribution in [1.29, 1.82) is 0 Å². The number of fused-ring (bicyclic) bond motifs is 3. The molecule has 5 rings (SSSR count). The number of nitrogens with zero attached hydrogens (tertiary/aromatic N) is 1. The number of sulfone groups is 1. The number of imidazole rings is 1. The van der Waals surface area contributed by atoms with Crippen molar-refractivity contribution < 1.29 is 40.3 Å². The lowest BCUT2D eigenvalue weighted by atomic mass is 9.71. The number of alkyl halides is 4. The predicted octanol–water partition coefficient (Wildman–Crippen LogP) is 5.50. The van der Waals surface area contributed by atoms with Crippen molar-refractivity contribution in [3.63, 3.8) is 0 Å². The van der Waals surface area contributed by atoms with Gasteiger partial charge in [-0.3, -0.25) is 4.79 Å². The van der Waals surface area contributed by atoms with Gasteiger partial charge in [-0.1, -0.05) is 18.2 Å². The van der Waals surface area contributed by atoms with Crippen LogP contribution in [0.2, 0.25) is 0 Å². The Morgan fingerprint density at radius 1 is 1.15 bits per heavy atom. The highest BCUT2D eigenvalue weighted by Crippen LogP contribution is 2.60. The maximum atomic E-state index is 14.9. The molecule has 0 saturated heterocycles. The second kappa shape index (κ2) is 10.3. The molecular weight excluding hydrogens is 567 g/mol. The van der Waals surface area contributed by atoms with Gasteiger partial charge in [0.2, 0.25) is 5.67 Å². The quantitative estimate of drug-likeness (QED) is 0.264. The van der Waals surface area contributed by atoms with Gasteiger partial charge >= 0.3 is 6.18 Å². The van der Waals surface area contributed by atoms with Gasteiger partial charge in [0.25, 0.3) is 0 Å². The van der Waals surface area contributed by atoms with E-state index < -0.39 is 61.5 Å². The van der Waals surface area contributed by atoms with Crippen LogP contribution in [0.5, 0.6) is 0 Å². The smallest absolute Gasteiger partial charge is 0.385 e. The first-order valence-corrected chi connectivity index (χ1v) is 14.7. The van der Waals surface area contributed by atoms with Gasteiger partial charge in [0.1, 0.15) is 16.7 Å². The second-order valence-electron chi connectivity index (χ2n) is 11.1. The van der Waals surface area contributed by atoms with Gasteiger partial charge in [0, 0.05) is 24.7 Å². The van der Waals surface area contributed by atoms with E-state index in [9.17, 15) is 40.3 Å². The molecular formula is C29H29F5N2O4S. The predicted molar refractivity (Wildman–Crippen MR) is 139 cm³/mol. The zero-order chi connectivity index (χ0) is 29.8. The first-order valence-electron chi connectivity index (χ1n) is 13.3. The van der Waals surface area contributed by atoms with Gasteiger partial charge in [0.05, 0.1) is 11.2 Å². The van der Waals surface area contributed by atoms with Crippen LogP contribution in [0.3, 0.4) is 0 Å². The molecule has 220 valence electrons. The fourth-order valence-electron chi connectivity index (χ4n) is 6.61. The van der Waals surface area contributed by atoms with Crippen LogP contribution in [-0.2, 0) is 37.9 Å². The molecule has 0 radical (unpaired) electrons. The van der Waals surface area contributed by atoms with Gasteiger partial charge in [-0.2, -0.15) is 13.2 Å². The summed E-state index contributed by atoms with van der Waals surface area (Å²) in [5.74, 6) is -2.15.